The molecule has 1 aromatic carbocycles. The molecule has 0 aliphatic rings. The Balaban J connectivity index is 3.17. The Morgan fingerprint density at radius 3 is 2.35 bits per heavy atom. The van der Waals surface area contributed by atoms with Crippen LogP contribution in [0.15, 0.2) is 18.2 Å². The van der Waals surface area contributed by atoms with Gasteiger partial charge >= 0.3 is 12.1 Å². The van der Waals surface area contributed by atoms with Crippen LogP contribution in [0.4, 0.5) is 17.6 Å². The van der Waals surface area contributed by atoms with E-state index in [9.17, 15) is 22.4 Å². The molecule has 0 aromatic heterocycles. The zero-order chi connectivity index (χ0) is 13.2. The summed E-state index contributed by atoms with van der Waals surface area (Å²) in [5.74, 6) is -4.83. The molecule has 0 aliphatic carbocycles. The quantitative estimate of drug-likeness (QED) is 0.852. The third-order valence-corrected chi connectivity index (χ3v) is 2.28. The highest BCUT2D eigenvalue weighted by atomic mass is 35.5. The van der Waals surface area contributed by atoms with E-state index < -0.39 is 35.9 Å². The van der Waals surface area contributed by atoms with Gasteiger partial charge in [-0.05, 0) is 23.8 Å². The molecule has 1 N–H and O–H groups in total. The number of halogens is 5. The van der Waals surface area contributed by atoms with Gasteiger partial charge in [-0.15, -0.1) is 0 Å². The lowest BCUT2D eigenvalue weighted by Crippen LogP contribution is -2.23. The van der Waals surface area contributed by atoms with E-state index in [4.69, 9.17) is 16.7 Å². The summed E-state index contributed by atoms with van der Waals surface area (Å²) in [5, 5.41) is 8.21. The molecule has 0 saturated heterocycles. The molecule has 0 amide bonds. The van der Waals surface area contributed by atoms with E-state index in [1.165, 1.54) is 0 Å². The minimum atomic E-state index is -4.77. The SMILES string of the molecule is O=C(O)CC(c1cc(F)cc(Cl)c1)C(F)(F)F. The summed E-state index contributed by atoms with van der Waals surface area (Å²) in [5.41, 5.74) is -0.495. The van der Waals surface area contributed by atoms with Crippen LogP contribution in [0.5, 0.6) is 0 Å². The standard InChI is InChI=1S/C10H7ClF4O2/c11-6-1-5(2-7(12)3-6)8(4-9(16)17)10(13,14)15/h1-3,8H,4H2,(H,16,17). The molecular formula is C10H7ClF4O2. The third-order valence-electron chi connectivity index (χ3n) is 2.06. The van der Waals surface area contributed by atoms with Gasteiger partial charge in [0.25, 0.3) is 0 Å². The normalized spacial score (nSPS) is 13.5. The molecule has 0 heterocycles. The predicted octanol–water partition coefficient (Wildman–Crippen LogP) is 3.60. The van der Waals surface area contributed by atoms with Crippen molar-refractivity contribution in [2.45, 2.75) is 18.5 Å². The molecule has 0 bridgehead atoms. The van der Waals surface area contributed by atoms with Crippen molar-refractivity contribution >= 4 is 17.6 Å². The van der Waals surface area contributed by atoms with E-state index in [0.29, 0.717) is 6.07 Å². The number of aliphatic carboxylic acids is 1. The summed E-state index contributed by atoms with van der Waals surface area (Å²) >= 11 is 5.43. The molecule has 0 radical (unpaired) electrons. The van der Waals surface area contributed by atoms with Crippen molar-refractivity contribution in [1.82, 2.24) is 0 Å². The van der Waals surface area contributed by atoms with E-state index in [0.717, 1.165) is 12.1 Å². The monoisotopic (exact) mass is 270 g/mol. The first-order valence-electron chi connectivity index (χ1n) is 4.44. The van der Waals surface area contributed by atoms with Crippen LogP contribution in [0.25, 0.3) is 0 Å². The molecule has 0 spiro atoms. The van der Waals surface area contributed by atoms with Crippen LogP contribution >= 0.6 is 11.6 Å². The molecule has 1 aromatic rings. The number of carbonyl (C=O) groups is 1. The van der Waals surface area contributed by atoms with Crippen LogP contribution in [0.2, 0.25) is 5.02 Å². The van der Waals surface area contributed by atoms with Crippen LogP contribution in [0.3, 0.4) is 0 Å². The number of hydrogen-bond donors (Lipinski definition) is 1. The number of benzene rings is 1. The summed E-state index contributed by atoms with van der Waals surface area (Å²) in [6, 6.07) is 2.39. The molecule has 94 valence electrons. The maximum atomic E-state index is 12.9. The largest absolute Gasteiger partial charge is 0.481 e. The van der Waals surface area contributed by atoms with Gasteiger partial charge in [0.05, 0.1) is 12.3 Å². The van der Waals surface area contributed by atoms with Crippen molar-refractivity contribution in [3.05, 3.63) is 34.6 Å². The number of alkyl halides is 3. The number of carboxylic acid groups (broad SMARTS) is 1. The fraction of sp³-hybridized carbons (Fsp3) is 0.300. The second kappa shape index (κ2) is 4.91. The van der Waals surface area contributed by atoms with Crippen molar-refractivity contribution in [1.29, 1.82) is 0 Å². The fourth-order valence-corrected chi connectivity index (χ4v) is 1.60. The van der Waals surface area contributed by atoms with E-state index >= 15 is 0 Å². The van der Waals surface area contributed by atoms with Crippen molar-refractivity contribution in [2.24, 2.45) is 0 Å². The molecule has 1 atom stereocenters. The first-order chi connectivity index (χ1) is 7.70. The Morgan fingerprint density at radius 1 is 1.35 bits per heavy atom. The second-order valence-corrected chi connectivity index (χ2v) is 3.83. The van der Waals surface area contributed by atoms with Gasteiger partial charge in [-0.3, -0.25) is 4.79 Å². The summed E-state index contributed by atoms with van der Waals surface area (Å²) in [7, 11) is 0. The lowest BCUT2D eigenvalue weighted by Gasteiger charge is -2.19. The van der Waals surface area contributed by atoms with E-state index in [1.807, 2.05) is 0 Å². The molecular weight excluding hydrogens is 264 g/mol. The van der Waals surface area contributed by atoms with Gasteiger partial charge in [0.1, 0.15) is 5.82 Å². The number of carboxylic acids is 1. The van der Waals surface area contributed by atoms with Crippen molar-refractivity contribution in [2.75, 3.05) is 0 Å². The Kier molecular flexibility index (Phi) is 3.98. The topological polar surface area (TPSA) is 37.3 Å². The molecule has 0 aliphatic heterocycles. The zero-order valence-corrected chi connectivity index (χ0v) is 9.02. The Hall–Kier alpha value is -1.30. The van der Waals surface area contributed by atoms with E-state index in [2.05, 4.69) is 0 Å². The molecule has 0 saturated carbocycles. The molecule has 1 rings (SSSR count). The predicted molar refractivity (Wildman–Crippen MR) is 52.5 cm³/mol. The zero-order valence-electron chi connectivity index (χ0n) is 8.26. The van der Waals surface area contributed by atoms with Crippen molar-refractivity contribution in [3.8, 4) is 0 Å². The van der Waals surface area contributed by atoms with Crippen LogP contribution < -0.4 is 0 Å². The van der Waals surface area contributed by atoms with Gasteiger partial charge in [-0.25, -0.2) is 4.39 Å². The minimum absolute atomic E-state index is 0.209. The van der Waals surface area contributed by atoms with Crippen LogP contribution in [-0.4, -0.2) is 17.3 Å². The molecule has 7 heteroatoms. The number of hydrogen-bond acceptors (Lipinski definition) is 1. The first-order valence-corrected chi connectivity index (χ1v) is 4.82. The minimum Gasteiger partial charge on any atom is -0.481 e. The average molecular weight is 271 g/mol. The van der Waals surface area contributed by atoms with Gasteiger partial charge in [-0.2, -0.15) is 13.2 Å². The van der Waals surface area contributed by atoms with Crippen molar-refractivity contribution < 1.29 is 27.5 Å². The van der Waals surface area contributed by atoms with Crippen molar-refractivity contribution in [3.63, 3.8) is 0 Å². The van der Waals surface area contributed by atoms with Gasteiger partial charge in [0, 0.05) is 5.02 Å². The van der Waals surface area contributed by atoms with Crippen LogP contribution in [0, 0.1) is 5.82 Å². The highest BCUT2D eigenvalue weighted by molar-refractivity contribution is 6.30. The Labute approximate surface area is 98.8 Å². The highest BCUT2D eigenvalue weighted by Gasteiger charge is 2.42. The van der Waals surface area contributed by atoms with Crippen LogP contribution in [0.1, 0.15) is 17.9 Å². The van der Waals surface area contributed by atoms with Gasteiger partial charge in [0.15, 0.2) is 0 Å². The van der Waals surface area contributed by atoms with E-state index in [-0.39, 0.29) is 5.02 Å². The average Bonchev–Trinajstić information content (AvgIpc) is 2.10. The third kappa shape index (κ3) is 3.89. The highest BCUT2D eigenvalue weighted by Crippen LogP contribution is 2.38. The van der Waals surface area contributed by atoms with Gasteiger partial charge < -0.3 is 5.11 Å². The lowest BCUT2D eigenvalue weighted by molar-refractivity contribution is -0.163. The fourth-order valence-electron chi connectivity index (χ4n) is 1.37. The molecule has 0 fully saturated rings. The smallest absolute Gasteiger partial charge is 0.396 e. The molecule has 1 unspecified atom stereocenters. The summed E-state index contributed by atoms with van der Waals surface area (Å²) in [6.07, 6.45) is -5.93. The summed E-state index contributed by atoms with van der Waals surface area (Å²) in [4.78, 5) is 10.4. The van der Waals surface area contributed by atoms with Gasteiger partial charge in [0.2, 0.25) is 0 Å². The summed E-state index contributed by atoms with van der Waals surface area (Å²) < 4.78 is 50.7. The van der Waals surface area contributed by atoms with Crippen LogP contribution in [-0.2, 0) is 4.79 Å². The molecule has 2 nitrogen and oxygen atoms in total. The first kappa shape index (κ1) is 13.8. The van der Waals surface area contributed by atoms with Gasteiger partial charge in [-0.1, -0.05) is 11.6 Å². The van der Waals surface area contributed by atoms with E-state index in [1.54, 1.807) is 0 Å². The summed E-state index contributed by atoms with van der Waals surface area (Å²) in [6.45, 7) is 0. The maximum absolute atomic E-state index is 12.9. The molecule has 17 heavy (non-hydrogen) atoms. The Morgan fingerprint density at radius 2 is 1.94 bits per heavy atom. The second-order valence-electron chi connectivity index (χ2n) is 3.39. The Bertz CT molecular complexity index is 411. The maximum Gasteiger partial charge on any atom is 0.396 e. The lowest BCUT2D eigenvalue weighted by atomic mass is 9.95. The number of rotatable bonds is 3.